The second-order valence-electron chi connectivity index (χ2n) is 11.7. The monoisotopic (exact) mass is 511 g/mol. The number of halogens is 1. The number of nitriles is 1. The number of rotatable bonds is 6. The van der Waals surface area contributed by atoms with Crippen LogP contribution in [0.2, 0.25) is 0 Å². The summed E-state index contributed by atoms with van der Waals surface area (Å²) in [5, 5.41) is 12.3. The van der Waals surface area contributed by atoms with Gasteiger partial charge in [0.1, 0.15) is 23.5 Å². The summed E-state index contributed by atoms with van der Waals surface area (Å²) < 4.78 is 18.8. The molecule has 0 radical (unpaired) electrons. The molecule has 5 rings (SSSR count). The van der Waals surface area contributed by atoms with Crippen LogP contribution in [0.5, 0.6) is 0 Å². The van der Waals surface area contributed by atoms with Crippen molar-refractivity contribution in [3.63, 3.8) is 0 Å². The largest absolute Gasteiger partial charge is 0.444 e. The minimum Gasteiger partial charge on any atom is -0.444 e. The third kappa shape index (κ3) is 4.89. The number of benzene rings is 1. The number of likely N-dealkylation sites (tertiary alicyclic amines) is 3. The number of hydrogen-bond acceptors (Lipinski definition) is 6. The van der Waals surface area contributed by atoms with Crippen LogP contribution in [0.25, 0.3) is 0 Å². The molecule has 3 saturated heterocycles. The number of carbonyl (C=O) groups is 3. The van der Waals surface area contributed by atoms with Crippen LogP contribution >= 0.6 is 0 Å². The van der Waals surface area contributed by atoms with Crippen LogP contribution in [0.15, 0.2) is 24.3 Å². The molecule has 1 N–H and O–H groups in total. The van der Waals surface area contributed by atoms with Gasteiger partial charge in [0.15, 0.2) is 0 Å². The summed E-state index contributed by atoms with van der Waals surface area (Å²) in [7, 11) is 0. The van der Waals surface area contributed by atoms with E-state index in [-0.39, 0.29) is 42.3 Å². The van der Waals surface area contributed by atoms with Crippen molar-refractivity contribution in [2.75, 3.05) is 13.1 Å². The maximum atomic E-state index is 13.7. The van der Waals surface area contributed by atoms with E-state index in [1.165, 1.54) is 12.1 Å². The molecular formula is C27H34FN5O4. The Morgan fingerprint density at radius 3 is 2.54 bits per heavy atom. The van der Waals surface area contributed by atoms with Crippen molar-refractivity contribution in [3.8, 4) is 6.07 Å². The van der Waals surface area contributed by atoms with Crippen LogP contribution < -0.4 is 5.32 Å². The Kier molecular flexibility index (Phi) is 6.39. The molecule has 3 heterocycles. The maximum absolute atomic E-state index is 13.7. The molecule has 0 spiro atoms. The second kappa shape index (κ2) is 9.28. The Morgan fingerprint density at radius 2 is 1.92 bits per heavy atom. The molecule has 3 aliphatic heterocycles. The summed E-state index contributed by atoms with van der Waals surface area (Å²) in [6.45, 7) is 7.91. The second-order valence-corrected chi connectivity index (χ2v) is 11.7. The Bertz CT molecular complexity index is 1130. The van der Waals surface area contributed by atoms with Gasteiger partial charge in [-0.25, -0.2) is 9.18 Å². The molecule has 0 aromatic heterocycles. The van der Waals surface area contributed by atoms with Crippen LogP contribution in [0.1, 0.15) is 58.6 Å². The molecule has 10 heteroatoms. The van der Waals surface area contributed by atoms with Crippen molar-refractivity contribution < 1.29 is 23.5 Å². The first kappa shape index (κ1) is 25.5. The lowest BCUT2D eigenvalue weighted by Gasteiger charge is -2.39. The lowest BCUT2D eigenvalue weighted by molar-refractivity contribution is -0.141. The van der Waals surface area contributed by atoms with Crippen LogP contribution in [0.4, 0.5) is 9.18 Å². The van der Waals surface area contributed by atoms with Crippen molar-refractivity contribution in [1.82, 2.24) is 20.0 Å². The fourth-order valence-corrected chi connectivity index (χ4v) is 6.24. The van der Waals surface area contributed by atoms with Gasteiger partial charge in [0, 0.05) is 25.2 Å². The zero-order valence-corrected chi connectivity index (χ0v) is 21.7. The van der Waals surface area contributed by atoms with Gasteiger partial charge in [-0.1, -0.05) is 12.1 Å². The number of carbonyl (C=O) groups excluding carboxylic acids is 3. The first-order valence-electron chi connectivity index (χ1n) is 13.0. The zero-order chi connectivity index (χ0) is 26.6. The molecule has 7 atom stereocenters. The van der Waals surface area contributed by atoms with Gasteiger partial charge in [0.05, 0.1) is 18.2 Å². The highest BCUT2D eigenvalue weighted by atomic mass is 19.1. The zero-order valence-electron chi connectivity index (χ0n) is 21.7. The van der Waals surface area contributed by atoms with Gasteiger partial charge in [0.2, 0.25) is 11.8 Å². The molecule has 1 aromatic carbocycles. The highest BCUT2D eigenvalue weighted by Crippen LogP contribution is 2.48. The molecule has 1 saturated carbocycles. The summed E-state index contributed by atoms with van der Waals surface area (Å²) in [6.07, 6.45) is 1.47. The summed E-state index contributed by atoms with van der Waals surface area (Å²) in [6, 6.07) is 6.39. The van der Waals surface area contributed by atoms with Crippen molar-refractivity contribution in [1.29, 1.82) is 5.26 Å². The number of nitrogens with zero attached hydrogens (tertiary/aromatic N) is 4. The van der Waals surface area contributed by atoms with E-state index in [1.54, 1.807) is 37.8 Å². The topological polar surface area (TPSA) is 106 Å². The molecular weight excluding hydrogens is 477 g/mol. The minimum absolute atomic E-state index is 0.0325. The molecule has 37 heavy (non-hydrogen) atoms. The number of fused-ring (bicyclic) bond motifs is 3. The third-order valence-corrected chi connectivity index (χ3v) is 8.00. The Balaban J connectivity index is 1.30. The first-order chi connectivity index (χ1) is 17.5. The molecule has 4 fully saturated rings. The Labute approximate surface area is 216 Å². The Hall–Kier alpha value is -3.19. The number of piperidine rings is 1. The van der Waals surface area contributed by atoms with Gasteiger partial charge in [0.25, 0.3) is 0 Å². The van der Waals surface area contributed by atoms with E-state index in [1.807, 2.05) is 16.7 Å². The van der Waals surface area contributed by atoms with Crippen molar-refractivity contribution in [3.05, 3.63) is 35.6 Å². The number of piperazine rings is 1. The van der Waals surface area contributed by atoms with E-state index in [0.717, 1.165) is 12.0 Å². The van der Waals surface area contributed by atoms with Crippen LogP contribution in [0.3, 0.4) is 0 Å². The van der Waals surface area contributed by atoms with E-state index < -0.39 is 29.8 Å². The van der Waals surface area contributed by atoms with Gasteiger partial charge in [-0.15, -0.1) is 0 Å². The average molecular weight is 512 g/mol. The van der Waals surface area contributed by atoms with E-state index in [0.29, 0.717) is 25.3 Å². The van der Waals surface area contributed by atoms with E-state index in [2.05, 4.69) is 11.4 Å². The maximum Gasteiger partial charge on any atom is 0.408 e. The van der Waals surface area contributed by atoms with Gasteiger partial charge in [-0.05, 0) is 70.6 Å². The number of alkyl carbamates (subject to hydrolysis) is 1. The summed E-state index contributed by atoms with van der Waals surface area (Å²) >= 11 is 0. The van der Waals surface area contributed by atoms with Crippen molar-refractivity contribution in [2.45, 2.75) is 88.8 Å². The Morgan fingerprint density at radius 1 is 1.22 bits per heavy atom. The summed E-state index contributed by atoms with van der Waals surface area (Å²) in [4.78, 5) is 45.2. The fourth-order valence-electron chi connectivity index (χ4n) is 6.24. The standard InChI is InChI=1S/C27H34FN5O4/c1-15(16-5-7-18(28)8-6-16)32-20-11-23(25(32)35)31(13-20)14-21(30-26(36)37-27(2,3)4)24(34)33-19(12-29)9-17-10-22(17)33/h5-8,15,17,19-23H,9-11,13-14H2,1-4H3,(H,30,36)/t15-,17+,19?,20-,21?,22-,23-/m0/s1. The van der Waals surface area contributed by atoms with E-state index in [4.69, 9.17) is 4.74 Å². The SMILES string of the molecule is C[C@@H](c1ccc(F)cc1)N1C(=O)[C@@H]2C[C@H]1CN2CC(NC(=O)OC(C)(C)C)C(=O)N1C(C#N)C[C@@H]2C[C@@H]21. The molecule has 1 aromatic rings. The molecule has 4 aliphatic rings. The first-order valence-corrected chi connectivity index (χ1v) is 13.0. The quantitative estimate of drug-likeness (QED) is 0.629. The molecule has 1 aliphatic carbocycles. The van der Waals surface area contributed by atoms with E-state index >= 15 is 0 Å². The summed E-state index contributed by atoms with van der Waals surface area (Å²) in [5.74, 6) is -0.301. The average Bonchev–Trinajstić information content (AvgIpc) is 3.15. The number of hydrogen-bond donors (Lipinski definition) is 1. The van der Waals surface area contributed by atoms with E-state index in [9.17, 15) is 24.0 Å². The molecule has 3 amide bonds. The van der Waals surface area contributed by atoms with Gasteiger partial charge in [-0.2, -0.15) is 5.26 Å². The smallest absolute Gasteiger partial charge is 0.408 e. The van der Waals surface area contributed by atoms with Crippen LogP contribution in [-0.4, -0.2) is 81.5 Å². The predicted octanol–water partition coefficient (Wildman–Crippen LogP) is 2.58. The normalized spacial score (nSPS) is 30.1. The third-order valence-electron chi connectivity index (χ3n) is 8.00. The predicted molar refractivity (Wildman–Crippen MR) is 131 cm³/mol. The number of nitrogens with one attached hydrogen (secondary N) is 1. The number of amides is 3. The highest BCUT2D eigenvalue weighted by Gasteiger charge is 2.56. The van der Waals surface area contributed by atoms with Crippen LogP contribution in [-0.2, 0) is 14.3 Å². The highest BCUT2D eigenvalue weighted by molar-refractivity contribution is 5.89. The fraction of sp³-hybridized carbons (Fsp3) is 0.630. The molecule has 198 valence electrons. The van der Waals surface area contributed by atoms with Crippen LogP contribution in [0, 0.1) is 23.1 Å². The minimum atomic E-state index is -0.930. The van der Waals surface area contributed by atoms with Crippen molar-refractivity contribution in [2.24, 2.45) is 5.92 Å². The number of ether oxygens (including phenoxy) is 1. The van der Waals surface area contributed by atoms with Gasteiger partial charge in [-0.3, -0.25) is 14.5 Å². The molecule has 2 unspecified atom stereocenters. The lowest BCUT2D eigenvalue weighted by Crippen LogP contribution is -2.59. The summed E-state index contributed by atoms with van der Waals surface area (Å²) in [5.41, 5.74) is 0.131. The van der Waals surface area contributed by atoms with Crippen molar-refractivity contribution >= 4 is 17.9 Å². The lowest BCUT2D eigenvalue weighted by atomic mass is 10.1. The molecule has 9 nitrogen and oxygen atoms in total. The van der Waals surface area contributed by atoms with Gasteiger partial charge < -0.3 is 19.9 Å². The molecule has 2 bridgehead atoms. The van der Waals surface area contributed by atoms with Gasteiger partial charge >= 0.3 is 6.09 Å².